The van der Waals surface area contributed by atoms with E-state index in [1.807, 2.05) is 12.1 Å². The lowest BCUT2D eigenvalue weighted by atomic mass is 9.82. The van der Waals surface area contributed by atoms with Crippen LogP contribution in [0.25, 0.3) is 10.2 Å². The molecule has 5 rings (SSSR count). The summed E-state index contributed by atoms with van der Waals surface area (Å²) in [5.74, 6) is 0.333. The quantitative estimate of drug-likeness (QED) is 0.516. The fourth-order valence-corrected chi connectivity index (χ4v) is 5.15. The number of fused-ring (bicyclic) bond motifs is 2. The van der Waals surface area contributed by atoms with E-state index in [2.05, 4.69) is 46.7 Å². The molecule has 3 aromatic heterocycles. The van der Waals surface area contributed by atoms with Crippen LogP contribution in [0.15, 0.2) is 60.9 Å². The zero-order valence-electron chi connectivity index (χ0n) is 16.5. The number of aromatic nitrogens is 2. The van der Waals surface area contributed by atoms with Crippen LogP contribution in [0.3, 0.4) is 0 Å². The molecule has 0 fully saturated rings. The summed E-state index contributed by atoms with van der Waals surface area (Å²) in [5.41, 5.74) is 11.6. The standard InChI is InChI=1S/C24H22N4OS/c25-21-19-12-18-11-17(16-6-2-1-3-7-16)8-9-20(18)28-24(19)30-22(21)23(29)27-14-15-5-4-10-26-13-15/h1-7,10,12-13,17H,8-9,11,14,25H2,(H,27,29). The highest BCUT2D eigenvalue weighted by molar-refractivity contribution is 7.21. The van der Waals surface area contributed by atoms with E-state index in [0.717, 1.165) is 40.7 Å². The van der Waals surface area contributed by atoms with Crippen LogP contribution in [0.5, 0.6) is 0 Å². The zero-order valence-corrected chi connectivity index (χ0v) is 17.3. The molecule has 0 saturated carbocycles. The Morgan fingerprint density at radius 2 is 2.07 bits per heavy atom. The van der Waals surface area contributed by atoms with Gasteiger partial charge in [0.2, 0.25) is 0 Å². The molecule has 0 spiro atoms. The first-order valence-corrected chi connectivity index (χ1v) is 10.9. The van der Waals surface area contributed by atoms with Crippen LogP contribution >= 0.6 is 11.3 Å². The van der Waals surface area contributed by atoms with Gasteiger partial charge in [-0.15, -0.1) is 11.3 Å². The summed E-state index contributed by atoms with van der Waals surface area (Å²) in [6.07, 6.45) is 6.46. The first kappa shape index (κ1) is 18.8. The lowest BCUT2D eigenvalue weighted by molar-refractivity contribution is 0.0956. The van der Waals surface area contributed by atoms with Crippen molar-refractivity contribution in [2.75, 3.05) is 5.73 Å². The van der Waals surface area contributed by atoms with Crippen LogP contribution < -0.4 is 11.1 Å². The van der Waals surface area contributed by atoms with E-state index in [1.165, 1.54) is 22.5 Å². The Balaban J connectivity index is 1.40. The number of nitrogens with zero attached hydrogens (tertiary/aromatic N) is 2. The number of nitrogen functional groups attached to an aromatic ring is 1. The monoisotopic (exact) mass is 414 g/mol. The van der Waals surface area contributed by atoms with Crippen LogP contribution in [0.1, 0.15) is 44.4 Å². The number of aryl methyl sites for hydroxylation is 1. The topological polar surface area (TPSA) is 80.9 Å². The average molecular weight is 415 g/mol. The number of anilines is 1. The summed E-state index contributed by atoms with van der Waals surface area (Å²) >= 11 is 1.37. The molecule has 1 aromatic carbocycles. The fraction of sp³-hybridized carbons (Fsp3) is 0.208. The number of carbonyl (C=O) groups is 1. The number of benzene rings is 1. The molecule has 3 heterocycles. The molecule has 1 aliphatic carbocycles. The lowest BCUT2D eigenvalue weighted by Crippen LogP contribution is -2.22. The Labute approximate surface area is 179 Å². The fourth-order valence-electron chi connectivity index (χ4n) is 4.13. The molecule has 0 radical (unpaired) electrons. The minimum Gasteiger partial charge on any atom is -0.397 e. The van der Waals surface area contributed by atoms with Crippen molar-refractivity contribution in [3.63, 3.8) is 0 Å². The molecule has 6 heteroatoms. The van der Waals surface area contributed by atoms with Crippen molar-refractivity contribution in [2.24, 2.45) is 0 Å². The van der Waals surface area contributed by atoms with Crippen LogP contribution in [-0.4, -0.2) is 15.9 Å². The largest absolute Gasteiger partial charge is 0.397 e. The highest BCUT2D eigenvalue weighted by atomic mass is 32.1. The first-order valence-electron chi connectivity index (χ1n) is 10.1. The molecule has 5 nitrogen and oxygen atoms in total. The molecule has 1 aliphatic rings. The van der Waals surface area contributed by atoms with Crippen molar-refractivity contribution in [1.29, 1.82) is 0 Å². The average Bonchev–Trinajstić information content (AvgIpc) is 3.12. The molecule has 0 aliphatic heterocycles. The van der Waals surface area contributed by atoms with E-state index in [1.54, 1.807) is 12.4 Å². The molecule has 3 N–H and O–H groups in total. The van der Waals surface area contributed by atoms with Gasteiger partial charge in [0.05, 0.1) is 5.69 Å². The Bertz CT molecular complexity index is 1200. The minimum absolute atomic E-state index is 0.167. The molecule has 30 heavy (non-hydrogen) atoms. The van der Waals surface area contributed by atoms with Gasteiger partial charge in [-0.2, -0.15) is 0 Å². The number of nitrogens with one attached hydrogen (secondary N) is 1. The highest BCUT2D eigenvalue weighted by Crippen LogP contribution is 2.38. The summed E-state index contributed by atoms with van der Waals surface area (Å²) in [6, 6.07) is 16.6. The summed E-state index contributed by atoms with van der Waals surface area (Å²) in [6.45, 7) is 0.420. The maximum atomic E-state index is 12.7. The second kappa shape index (κ2) is 7.88. The number of rotatable bonds is 4. The van der Waals surface area contributed by atoms with Gasteiger partial charge in [0.1, 0.15) is 9.71 Å². The van der Waals surface area contributed by atoms with Crippen LogP contribution in [0, 0.1) is 0 Å². The highest BCUT2D eigenvalue weighted by Gasteiger charge is 2.24. The van der Waals surface area contributed by atoms with Crippen LogP contribution in [-0.2, 0) is 19.4 Å². The van der Waals surface area contributed by atoms with E-state index in [4.69, 9.17) is 10.7 Å². The SMILES string of the molecule is Nc1c(C(=O)NCc2cccnc2)sc2nc3c(cc12)CC(c1ccccc1)CC3. The van der Waals surface area contributed by atoms with Gasteiger partial charge < -0.3 is 11.1 Å². The first-order chi connectivity index (χ1) is 14.7. The molecule has 0 saturated heterocycles. The van der Waals surface area contributed by atoms with Gasteiger partial charge in [0, 0.05) is 30.0 Å². The molecule has 4 aromatic rings. The molecule has 1 amide bonds. The Morgan fingerprint density at radius 1 is 1.20 bits per heavy atom. The van der Waals surface area contributed by atoms with Crippen LogP contribution in [0.4, 0.5) is 5.69 Å². The van der Waals surface area contributed by atoms with Gasteiger partial charge in [-0.3, -0.25) is 9.78 Å². The predicted molar refractivity (Wildman–Crippen MR) is 121 cm³/mol. The number of hydrogen-bond acceptors (Lipinski definition) is 5. The molecular formula is C24H22N4OS. The van der Waals surface area contributed by atoms with Crippen molar-refractivity contribution < 1.29 is 4.79 Å². The molecule has 150 valence electrons. The maximum Gasteiger partial charge on any atom is 0.263 e. The lowest BCUT2D eigenvalue weighted by Gasteiger charge is -2.24. The second-order valence-electron chi connectivity index (χ2n) is 7.69. The van der Waals surface area contributed by atoms with E-state index in [9.17, 15) is 4.79 Å². The van der Waals surface area contributed by atoms with Gasteiger partial charge in [-0.1, -0.05) is 36.4 Å². The third kappa shape index (κ3) is 3.55. The Morgan fingerprint density at radius 3 is 2.87 bits per heavy atom. The van der Waals surface area contributed by atoms with Gasteiger partial charge in [0.25, 0.3) is 5.91 Å². The third-order valence-electron chi connectivity index (χ3n) is 5.74. The zero-order chi connectivity index (χ0) is 20.5. The van der Waals surface area contributed by atoms with E-state index in [0.29, 0.717) is 23.0 Å². The predicted octanol–water partition coefficient (Wildman–Crippen LogP) is 4.48. The molecule has 1 atom stereocenters. The number of thiophene rings is 1. The number of amides is 1. The third-order valence-corrected chi connectivity index (χ3v) is 6.85. The van der Waals surface area contributed by atoms with Crippen molar-refractivity contribution in [1.82, 2.24) is 15.3 Å². The van der Waals surface area contributed by atoms with Crippen molar-refractivity contribution in [3.8, 4) is 0 Å². The van der Waals surface area contributed by atoms with Crippen molar-refractivity contribution in [2.45, 2.75) is 31.7 Å². The summed E-state index contributed by atoms with van der Waals surface area (Å²) in [4.78, 5) is 23.1. The molecule has 0 bridgehead atoms. The van der Waals surface area contributed by atoms with E-state index in [-0.39, 0.29) is 5.91 Å². The van der Waals surface area contributed by atoms with Gasteiger partial charge in [-0.05, 0) is 54.0 Å². The normalized spacial score (nSPS) is 15.7. The Hall–Kier alpha value is -3.25. The van der Waals surface area contributed by atoms with Gasteiger partial charge in [0.15, 0.2) is 0 Å². The maximum absolute atomic E-state index is 12.7. The number of carbonyl (C=O) groups excluding carboxylic acids is 1. The Kier molecular flexibility index (Phi) is 4.93. The van der Waals surface area contributed by atoms with E-state index < -0.39 is 0 Å². The number of nitrogens with two attached hydrogens (primary N) is 1. The smallest absolute Gasteiger partial charge is 0.263 e. The summed E-state index contributed by atoms with van der Waals surface area (Å²) in [7, 11) is 0. The molecule has 1 unspecified atom stereocenters. The van der Waals surface area contributed by atoms with Gasteiger partial charge in [-0.25, -0.2) is 4.98 Å². The van der Waals surface area contributed by atoms with Gasteiger partial charge >= 0.3 is 0 Å². The van der Waals surface area contributed by atoms with E-state index >= 15 is 0 Å². The number of hydrogen-bond donors (Lipinski definition) is 2. The number of pyridine rings is 2. The van der Waals surface area contributed by atoms with Crippen molar-refractivity contribution in [3.05, 3.63) is 88.2 Å². The molecular weight excluding hydrogens is 392 g/mol. The summed E-state index contributed by atoms with van der Waals surface area (Å²) in [5, 5.41) is 3.83. The van der Waals surface area contributed by atoms with Crippen molar-refractivity contribution >= 4 is 33.1 Å². The minimum atomic E-state index is -0.167. The van der Waals surface area contributed by atoms with Crippen LogP contribution in [0.2, 0.25) is 0 Å². The summed E-state index contributed by atoms with van der Waals surface area (Å²) < 4.78 is 0. The second-order valence-corrected chi connectivity index (χ2v) is 8.69.